The van der Waals surface area contributed by atoms with Crippen molar-refractivity contribution in [2.75, 3.05) is 14.1 Å². The first-order valence-corrected chi connectivity index (χ1v) is 7.12. The molecule has 108 valence electrons. The molecule has 1 unspecified atom stereocenters. The molecule has 0 saturated carbocycles. The van der Waals surface area contributed by atoms with Crippen LogP contribution in [-0.2, 0) is 6.42 Å². The summed E-state index contributed by atoms with van der Waals surface area (Å²) in [6, 6.07) is 4.81. The van der Waals surface area contributed by atoms with Gasteiger partial charge in [0.25, 0.3) is 0 Å². The molecule has 1 rings (SSSR count). The molecule has 0 heterocycles. The van der Waals surface area contributed by atoms with Gasteiger partial charge in [-0.15, -0.1) is 0 Å². The molecule has 1 atom stereocenters. The number of hydrogen-bond acceptors (Lipinski definition) is 2. The van der Waals surface area contributed by atoms with Crippen molar-refractivity contribution < 1.29 is 4.39 Å². The second-order valence-corrected chi connectivity index (χ2v) is 5.67. The third-order valence-electron chi connectivity index (χ3n) is 4.24. The smallest absolute Gasteiger partial charge is 0.141 e. The lowest BCUT2D eigenvalue weighted by molar-refractivity contribution is 0.105. The lowest BCUT2D eigenvalue weighted by Crippen LogP contribution is -2.57. The van der Waals surface area contributed by atoms with Crippen LogP contribution in [0.4, 0.5) is 4.39 Å². The van der Waals surface area contributed by atoms with Gasteiger partial charge in [-0.1, -0.05) is 31.5 Å². The van der Waals surface area contributed by atoms with Crippen LogP contribution in [0.3, 0.4) is 0 Å². The molecule has 0 amide bonds. The van der Waals surface area contributed by atoms with E-state index < -0.39 is 0 Å². The summed E-state index contributed by atoms with van der Waals surface area (Å²) in [6.07, 6.45) is 2.65. The summed E-state index contributed by atoms with van der Waals surface area (Å²) in [5, 5.41) is 0.160. The Bertz CT molecular complexity index is 417. The SMILES string of the molecule is CCC(CC)(C(N)Cc1ccc(F)c(Cl)c1)N(C)C. The fourth-order valence-electron chi connectivity index (χ4n) is 2.85. The topological polar surface area (TPSA) is 29.3 Å². The van der Waals surface area contributed by atoms with Crippen molar-refractivity contribution in [3.05, 3.63) is 34.6 Å². The zero-order chi connectivity index (χ0) is 14.6. The summed E-state index contributed by atoms with van der Waals surface area (Å²) in [5.41, 5.74) is 7.35. The van der Waals surface area contributed by atoms with Crippen molar-refractivity contribution in [3.63, 3.8) is 0 Å². The lowest BCUT2D eigenvalue weighted by Gasteiger charge is -2.43. The first-order chi connectivity index (χ1) is 8.87. The molecular formula is C15H24ClFN2. The number of halogens is 2. The van der Waals surface area contributed by atoms with Crippen molar-refractivity contribution in [2.24, 2.45) is 5.73 Å². The molecular weight excluding hydrogens is 263 g/mol. The number of rotatable bonds is 6. The number of nitrogens with two attached hydrogens (primary N) is 1. The minimum Gasteiger partial charge on any atom is -0.326 e. The second-order valence-electron chi connectivity index (χ2n) is 5.26. The fourth-order valence-corrected chi connectivity index (χ4v) is 3.05. The van der Waals surface area contributed by atoms with E-state index in [0.717, 1.165) is 18.4 Å². The van der Waals surface area contributed by atoms with E-state index in [-0.39, 0.29) is 22.4 Å². The average Bonchev–Trinajstić information content (AvgIpc) is 2.35. The molecule has 0 aromatic heterocycles. The summed E-state index contributed by atoms with van der Waals surface area (Å²) < 4.78 is 13.2. The average molecular weight is 287 g/mol. The van der Waals surface area contributed by atoms with Gasteiger partial charge in [-0.2, -0.15) is 0 Å². The first kappa shape index (κ1) is 16.4. The first-order valence-electron chi connectivity index (χ1n) is 6.74. The zero-order valence-corrected chi connectivity index (χ0v) is 13.0. The molecule has 19 heavy (non-hydrogen) atoms. The van der Waals surface area contributed by atoms with E-state index in [2.05, 4.69) is 32.8 Å². The van der Waals surface area contributed by atoms with Gasteiger partial charge in [0.1, 0.15) is 5.82 Å². The molecule has 0 fully saturated rings. The van der Waals surface area contributed by atoms with Crippen LogP contribution < -0.4 is 5.73 Å². The minimum absolute atomic E-state index is 0.0148. The fraction of sp³-hybridized carbons (Fsp3) is 0.600. The standard InChI is InChI=1S/C15H24ClFN2/c1-5-15(6-2,19(3)4)14(18)10-11-7-8-13(17)12(16)9-11/h7-9,14H,5-6,10,18H2,1-4H3. The van der Waals surface area contributed by atoms with Gasteiger partial charge in [-0.25, -0.2) is 4.39 Å². The quantitative estimate of drug-likeness (QED) is 0.868. The Morgan fingerprint density at radius 2 is 1.89 bits per heavy atom. The Balaban J connectivity index is 2.93. The van der Waals surface area contributed by atoms with Gasteiger partial charge in [0.05, 0.1) is 5.02 Å². The molecule has 4 heteroatoms. The number of nitrogens with zero attached hydrogens (tertiary/aromatic N) is 1. The highest BCUT2D eigenvalue weighted by molar-refractivity contribution is 6.30. The molecule has 2 nitrogen and oxygen atoms in total. The lowest BCUT2D eigenvalue weighted by atomic mass is 9.81. The summed E-state index contributed by atoms with van der Waals surface area (Å²) in [5.74, 6) is -0.385. The van der Waals surface area contributed by atoms with Crippen LogP contribution in [0.25, 0.3) is 0 Å². The maximum absolute atomic E-state index is 13.2. The molecule has 0 aliphatic rings. The molecule has 0 saturated heterocycles. The van der Waals surface area contributed by atoms with Crippen LogP contribution in [0.1, 0.15) is 32.3 Å². The molecule has 0 spiro atoms. The van der Waals surface area contributed by atoms with Crippen LogP contribution in [0.2, 0.25) is 5.02 Å². The Morgan fingerprint density at radius 3 is 2.32 bits per heavy atom. The van der Waals surface area contributed by atoms with Crippen LogP contribution in [0.5, 0.6) is 0 Å². The maximum Gasteiger partial charge on any atom is 0.141 e. The highest BCUT2D eigenvalue weighted by Crippen LogP contribution is 2.27. The van der Waals surface area contributed by atoms with E-state index in [9.17, 15) is 4.39 Å². The number of hydrogen-bond donors (Lipinski definition) is 1. The highest BCUT2D eigenvalue weighted by Gasteiger charge is 2.35. The molecule has 0 radical (unpaired) electrons. The van der Waals surface area contributed by atoms with Gasteiger partial charge in [0, 0.05) is 11.6 Å². The van der Waals surface area contributed by atoms with E-state index >= 15 is 0 Å². The van der Waals surface area contributed by atoms with Crippen molar-refractivity contribution in [1.29, 1.82) is 0 Å². The van der Waals surface area contributed by atoms with Crippen LogP contribution in [0.15, 0.2) is 18.2 Å². The summed E-state index contributed by atoms with van der Waals surface area (Å²) in [4.78, 5) is 2.20. The van der Waals surface area contributed by atoms with Gasteiger partial charge in [-0.3, -0.25) is 0 Å². The second kappa shape index (κ2) is 6.69. The maximum atomic E-state index is 13.2. The largest absolute Gasteiger partial charge is 0.326 e. The van der Waals surface area contributed by atoms with Crippen molar-refractivity contribution in [1.82, 2.24) is 4.90 Å². The monoisotopic (exact) mass is 286 g/mol. The van der Waals surface area contributed by atoms with E-state index in [1.54, 1.807) is 12.1 Å². The summed E-state index contributed by atoms with van der Waals surface area (Å²) >= 11 is 5.82. The van der Waals surface area contributed by atoms with Crippen molar-refractivity contribution >= 4 is 11.6 Å². The van der Waals surface area contributed by atoms with E-state index in [0.29, 0.717) is 6.42 Å². The zero-order valence-electron chi connectivity index (χ0n) is 12.2. The van der Waals surface area contributed by atoms with Gasteiger partial charge in [0.15, 0.2) is 0 Å². The van der Waals surface area contributed by atoms with E-state index in [4.69, 9.17) is 17.3 Å². The predicted molar refractivity (Wildman–Crippen MR) is 80.1 cm³/mol. The van der Waals surface area contributed by atoms with Crippen molar-refractivity contribution in [3.8, 4) is 0 Å². The molecule has 2 N–H and O–H groups in total. The molecule has 0 bridgehead atoms. The van der Waals surface area contributed by atoms with Gasteiger partial charge < -0.3 is 10.6 Å². The molecule has 0 aliphatic carbocycles. The predicted octanol–water partition coefficient (Wildman–Crippen LogP) is 3.47. The van der Waals surface area contributed by atoms with Crippen molar-refractivity contribution in [2.45, 2.75) is 44.7 Å². The van der Waals surface area contributed by atoms with Crippen LogP contribution in [0, 0.1) is 5.82 Å². The molecule has 1 aromatic carbocycles. The Hall–Kier alpha value is -0.640. The molecule has 1 aromatic rings. The van der Waals surface area contributed by atoms with E-state index in [1.165, 1.54) is 6.07 Å². The van der Waals surface area contributed by atoms with Crippen LogP contribution >= 0.6 is 11.6 Å². The van der Waals surface area contributed by atoms with Gasteiger partial charge in [-0.05, 0) is 51.1 Å². The highest BCUT2D eigenvalue weighted by atomic mass is 35.5. The number of likely N-dealkylation sites (N-methyl/N-ethyl adjacent to an activating group) is 1. The number of benzene rings is 1. The Morgan fingerprint density at radius 1 is 1.32 bits per heavy atom. The van der Waals surface area contributed by atoms with Gasteiger partial charge >= 0.3 is 0 Å². The summed E-state index contributed by atoms with van der Waals surface area (Å²) in [6.45, 7) is 4.31. The van der Waals surface area contributed by atoms with Crippen LogP contribution in [-0.4, -0.2) is 30.6 Å². The van der Waals surface area contributed by atoms with E-state index in [1.807, 2.05) is 0 Å². The normalized spacial score (nSPS) is 13.9. The Labute approximate surface area is 120 Å². The Kier molecular flexibility index (Phi) is 5.78. The van der Waals surface area contributed by atoms with Gasteiger partial charge in [0.2, 0.25) is 0 Å². The minimum atomic E-state index is -0.385. The molecule has 0 aliphatic heterocycles. The summed E-state index contributed by atoms with van der Waals surface area (Å²) in [7, 11) is 4.12. The third kappa shape index (κ3) is 3.47. The third-order valence-corrected chi connectivity index (χ3v) is 4.53.